The largest absolute Gasteiger partial charge is 0.384 e. The average Bonchev–Trinajstić information content (AvgIpc) is 2.67. The molecule has 1 atom stereocenters. The monoisotopic (exact) mass is 404 g/mol. The highest BCUT2D eigenvalue weighted by molar-refractivity contribution is 7.80. The number of anilines is 2. The first-order valence-electron chi connectivity index (χ1n) is 9.03. The Labute approximate surface area is 172 Å². The molecule has 0 saturated heterocycles. The fourth-order valence-corrected chi connectivity index (χ4v) is 3.73. The number of fused-ring (bicyclic) bond motifs is 1. The van der Waals surface area contributed by atoms with Crippen LogP contribution in [0.5, 0.6) is 0 Å². The Morgan fingerprint density at radius 3 is 2.41 bits per heavy atom. The molecule has 0 fully saturated rings. The fourth-order valence-electron chi connectivity index (χ4n) is 3.42. The van der Waals surface area contributed by atoms with Gasteiger partial charge in [0, 0.05) is 6.07 Å². The topological polar surface area (TPSA) is 113 Å². The van der Waals surface area contributed by atoms with E-state index in [0.717, 1.165) is 16.8 Å². The van der Waals surface area contributed by atoms with Crippen molar-refractivity contribution in [1.82, 2.24) is 19.5 Å². The Morgan fingerprint density at radius 2 is 1.69 bits per heavy atom. The highest BCUT2D eigenvalue weighted by Gasteiger charge is 2.23. The van der Waals surface area contributed by atoms with Gasteiger partial charge in [-0.3, -0.25) is 9.36 Å². The molecule has 0 bridgehead atoms. The van der Waals surface area contributed by atoms with Gasteiger partial charge in [-0.05, 0) is 37.1 Å². The molecule has 0 aliphatic carbocycles. The maximum absolute atomic E-state index is 13.6. The molecule has 0 saturated carbocycles. The van der Waals surface area contributed by atoms with E-state index < -0.39 is 5.25 Å². The number of rotatable bonds is 3. The summed E-state index contributed by atoms with van der Waals surface area (Å²) in [5.74, 6) is 0.705. The van der Waals surface area contributed by atoms with E-state index in [1.165, 1.54) is 0 Å². The van der Waals surface area contributed by atoms with Crippen molar-refractivity contribution in [3.05, 3.63) is 81.5 Å². The molecular weight excluding hydrogens is 384 g/mol. The summed E-state index contributed by atoms with van der Waals surface area (Å²) in [6, 6.07) is 14.8. The lowest BCUT2D eigenvalue weighted by molar-refractivity contribution is 0.822. The number of hydrogen-bond donors (Lipinski definition) is 3. The van der Waals surface area contributed by atoms with Crippen molar-refractivity contribution in [2.75, 3.05) is 11.5 Å². The molecule has 0 aliphatic heterocycles. The molecule has 146 valence electrons. The van der Waals surface area contributed by atoms with Crippen molar-refractivity contribution in [1.29, 1.82) is 0 Å². The maximum atomic E-state index is 13.6. The number of hydrogen-bond acceptors (Lipinski definition) is 7. The van der Waals surface area contributed by atoms with E-state index in [4.69, 9.17) is 29.1 Å². The molecule has 0 aliphatic rings. The van der Waals surface area contributed by atoms with Crippen molar-refractivity contribution < 1.29 is 0 Å². The van der Waals surface area contributed by atoms with Gasteiger partial charge in [0.2, 0.25) is 5.95 Å². The minimum atomic E-state index is -0.639. The van der Waals surface area contributed by atoms with Gasteiger partial charge in [0.15, 0.2) is 0 Å². The lowest BCUT2D eigenvalue weighted by Gasteiger charge is -2.20. The van der Waals surface area contributed by atoms with Crippen molar-refractivity contribution in [3.8, 4) is 5.69 Å². The third-order valence-electron chi connectivity index (χ3n) is 4.80. The maximum Gasteiger partial charge on any atom is 0.266 e. The number of thiol groups is 1. The van der Waals surface area contributed by atoms with Gasteiger partial charge in [0.1, 0.15) is 16.9 Å². The summed E-state index contributed by atoms with van der Waals surface area (Å²) < 4.78 is 1.59. The smallest absolute Gasteiger partial charge is 0.266 e. The van der Waals surface area contributed by atoms with Crippen molar-refractivity contribution in [2.24, 2.45) is 0 Å². The molecule has 0 spiro atoms. The van der Waals surface area contributed by atoms with Gasteiger partial charge in [-0.25, -0.2) is 9.97 Å². The predicted octanol–water partition coefficient (Wildman–Crippen LogP) is 2.98. The third-order valence-corrected chi connectivity index (χ3v) is 5.29. The third kappa shape index (κ3) is 3.31. The molecule has 2 aromatic carbocycles. The first-order chi connectivity index (χ1) is 13.9. The molecule has 4 aromatic rings. The van der Waals surface area contributed by atoms with Crippen molar-refractivity contribution >= 4 is 35.3 Å². The fraction of sp³-hybridized carbons (Fsp3) is 0.143. The van der Waals surface area contributed by atoms with Crippen molar-refractivity contribution in [3.63, 3.8) is 0 Å². The number of nitrogen functional groups attached to an aromatic ring is 2. The van der Waals surface area contributed by atoms with Crippen LogP contribution in [0.4, 0.5) is 11.8 Å². The van der Waals surface area contributed by atoms with Gasteiger partial charge in [-0.2, -0.15) is 17.6 Å². The minimum Gasteiger partial charge on any atom is -0.384 e. The summed E-state index contributed by atoms with van der Waals surface area (Å²) in [6.45, 7) is 3.85. The lowest BCUT2D eigenvalue weighted by atomic mass is 10.1. The quantitative estimate of drug-likeness (QED) is 0.453. The Hall–Kier alpha value is -3.39. The highest BCUT2D eigenvalue weighted by atomic mass is 32.1. The standard InChI is InChI=1S/C21H20N6OS/c1-11-6-3-4-9-15(11)27-19(18(29)14-10-16(22)26-21(23)25-14)24-13-8-5-7-12(2)17(13)20(27)28/h3-10,18,29H,1-2H3,(H4,22,23,25,26). The van der Waals surface area contributed by atoms with Crippen LogP contribution in [0.1, 0.15) is 27.9 Å². The van der Waals surface area contributed by atoms with E-state index in [1.54, 1.807) is 10.6 Å². The second-order valence-electron chi connectivity index (χ2n) is 6.84. The van der Waals surface area contributed by atoms with Crippen LogP contribution in [0.3, 0.4) is 0 Å². The number of benzene rings is 2. The first-order valence-corrected chi connectivity index (χ1v) is 9.54. The van der Waals surface area contributed by atoms with Crippen LogP contribution < -0.4 is 17.0 Å². The lowest BCUT2D eigenvalue weighted by Crippen LogP contribution is -2.26. The Bertz CT molecular complexity index is 1280. The Balaban J connectivity index is 2.08. The molecular formula is C21H20N6OS. The highest BCUT2D eigenvalue weighted by Crippen LogP contribution is 2.30. The summed E-state index contributed by atoms with van der Waals surface area (Å²) in [6.07, 6.45) is 0. The van der Waals surface area contributed by atoms with Gasteiger partial charge in [0.25, 0.3) is 5.56 Å². The normalized spacial score (nSPS) is 12.2. The van der Waals surface area contributed by atoms with Crippen LogP contribution in [-0.2, 0) is 0 Å². The van der Waals surface area contributed by atoms with E-state index in [0.29, 0.717) is 22.4 Å². The molecule has 4 N–H and O–H groups in total. The van der Waals surface area contributed by atoms with E-state index in [9.17, 15) is 4.79 Å². The van der Waals surface area contributed by atoms with E-state index in [2.05, 4.69) is 9.97 Å². The zero-order valence-corrected chi connectivity index (χ0v) is 16.9. The van der Waals surface area contributed by atoms with Crippen LogP contribution in [0.2, 0.25) is 0 Å². The Kier molecular flexibility index (Phi) is 4.71. The van der Waals surface area contributed by atoms with Gasteiger partial charge in [-0.1, -0.05) is 30.3 Å². The molecule has 29 heavy (non-hydrogen) atoms. The zero-order chi connectivity index (χ0) is 20.7. The molecule has 8 heteroatoms. The molecule has 0 amide bonds. The minimum absolute atomic E-state index is 0.0421. The second kappa shape index (κ2) is 7.21. The molecule has 0 radical (unpaired) electrons. The molecule has 4 rings (SSSR count). The first kappa shape index (κ1) is 18.9. The van der Waals surface area contributed by atoms with Gasteiger partial charge < -0.3 is 11.5 Å². The van der Waals surface area contributed by atoms with Gasteiger partial charge in [-0.15, -0.1) is 0 Å². The van der Waals surface area contributed by atoms with Crippen LogP contribution in [0.15, 0.2) is 53.3 Å². The number of nitrogens with two attached hydrogens (primary N) is 2. The SMILES string of the molecule is Cc1ccccc1-n1c(C(S)c2cc(N)nc(N)n2)nc2cccc(C)c2c1=O. The second-order valence-corrected chi connectivity index (χ2v) is 7.36. The summed E-state index contributed by atoms with van der Waals surface area (Å²) in [4.78, 5) is 26.5. The van der Waals surface area contributed by atoms with Crippen LogP contribution >= 0.6 is 12.6 Å². The summed E-state index contributed by atoms with van der Waals surface area (Å²) in [5.41, 5.74) is 15.0. The molecule has 2 aromatic heterocycles. The predicted molar refractivity (Wildman–Crippen MR) is 118 cm³/mol. The Morgan fingerprint density at radius 1 is 0.966 bits per heavy atom. The van der Waals surface area contributed by atoms with Crippen LogP contribution in [0, 0.1) is 13.8 Å². The van der Waals surface area contributed by atoms with Crippen LogP contribution in [0.25, 0.3) is 16.6 Å². The van der Waals surface area contributed by atoms with Crippen LogP contribution in [-0.4, -0.2) is 19.5 Å². The number of aromatic nitrogens is 4. The van der Waals surface area contributed by atoms with E-state index in [-0.39, 0.29) is 17.3 Å². The average molecular weight is 404 g/mol. The molecule has 2 heterocycles. The molecule has 7 nitrogen and oxygen atoms in total. The zero-order valence-electron chi connectivity index (χ0n) is 16.0. The number of nitrogens with zero attached hydrogens (tertiary/aromatic N) is 4. The van der Waals surface area contributed by atoms with Crippen molar-refractivity contribution in [2.45, 2.75) is 19.1 Å². The summed E-state index contributed by atoms with van der Waals surface area (Å²) >= 11 is 4.73. The van der Waals surface area contributed by atoms with E-state index in [1.807, 2.05) is 56.3 Å². The number of para-hydroxylation sites is 1. The number of aryl methyl sites for hydroxylation is 2. The van der Waals surface area contributed by atoms with Gasteiger partial charge in [0.05, 0.1) is 22.3 Å². The summed E-state index contributed by atoms with van der Waals surface area (Å²) in [7, 11) is 0. The van der Waals surface area contributed by atoms with E-state index >= 15 is 0 Å². The van der Waals surface area contributed by atoms with Gasteiger partial charge >= 0.3 is 0 Å². The summed E-state index contributed by atoms with van der Waals surface area (Å²) in [5, 5.41) is -0.0680. The molecule has 1 unspecified atom stereocenters.